The number of sulfonamides is 1. The minimum atomic E-state index is -3.41. The van der Waals surface area contributed by atoms with Gasteiger partial charge in [-0.2, -0.15) is 0 Å². The van der Waals surface area contributed by atoms with Gasteiger partial charge in [0, 0.05) is 19.8 Å². The molecule has 0 aliphatic carbocycles. The third-order valence-electron chi connectivity index (χ3n) is 2.02. The second kappa shape index (κ2) is 7.45. The normalized spacial score (nSPS) is 12.2. The van der Waals surface area contributed by atoms with Gasteiger partial charge in [0.2, 0.25) is 10.0 Å². The fraction of sp³-hybridized carbons (Fsp3) is 0.636. The predicted molar refractivity (Wildman–Crippen MR) is 74.8 cm³/mol. The summed E-state index contributed by atoms with van der Waals surface area (Å²) in [5.41, 5.74) is 0. The Morgan fingerprint density at radius 1 is 1.44 bits per heavy atom. The van der Waals surface area contributed by atoms with Gasteiger partial charge >= 0.3 is 0 Å². The summed E-state index contributed by atoms with van der Waals surface area (Å²) in [5.74, 6) is 0.495. The van der Waals surface area contributed by atoms with E-state index in [1.165, 1.54) is 6.07 Å². The van der Waals surface area contributed by atoms with Crippen LogP contribution in [0.4, 0.5) is 0 Å². The lowest BCUT2D eigenvalue weighted by Gasteiger charge is -2.07. The highest BCUT2D eigenvalue weighted by Crippen LogP contribution is 2.25. The van der Waals surface area contributed by atoms with Crippen LogP contribution >= 0.6 is 22.9 Å². The standard InChI is InChI=1S/C11H18ClNO3S2/c1-9(2)8-16-7-3-6-13-18(14,15)11-5-4-10(12)17-11/h4-5,9,13H,3,6-8H2,1-2H3. The van der Waals surface area contributed by atoms with Crippen molar-refractivity contribution in [3.63, 3.8) is 0 Å². The Hall–Kier alpha value is -0.140. The minimum Gasteiger partial charge on any atom is -0.381 e. The topological polar surface area (TPSA) is 55.4 Å². The van der Waals surface area contributed by atoms with Crippen molar-refractivity contribution in [2.75, 3.05) is 19.8 Å². The zero-order chi connectivity index (χ0) is 13.6. The highest BCUT2D eigenvalue weighted by molar-refractivity contribution is 7.91. The number of ether oxygens (including phenoxy) is 1. The van der Waals surface area contributed by atoms with Crippen LogP contribution in [0.2, 0.25) is 4.34 Å². The molecule has 18 heavy (non-hydrogen) atoms. The molecule has 4 nitrogen and oxygen atoms in total. The summed E-state index contributed by atoms with van der Waals surface area (Å²) in [7, 11) is -3.41. The van der Waals surface area contributed by atoms with E-state index < -0.39 is 10.0 Å². The van der Waals surface area contributed by atoms with Crippen molar-refractivity contribution >= 4 is 33.0 Å². The number of hydrogen-bond donors (Lipinski definition) is 1. The predicted octanol–water partition coefficient (Wildman–Crippen LogP) is 2.74. The van der Waals surface area contributed by atoms with E-state index in [9.17, 15) is 8.42 Å². The molecule has 0 aliphatic rings. The van der Waals surface area contributed by atoms with Gasteiger partial charge in [-0.25, -0.2) is 13.1 Å². The van der Waals surface area contributed by atoms with Crippen LogP contribution in [-0.4, -0.2) is 28.2 Å². The molecule has 1 heterocycles. The summed E-state index contributed by atoms with van der Waals surface area (Å²) >= 11 is 6.76. The maximum Gasteiger partial charge on any atom is 0.250 e. The average molecular weight is 312 g/mol. The number of hydrogen-bond acceptors (Lipinski definition) is 4. The first kappa shape index (κ1) is 15.9. The number of halogens is 1. The third-order valence-corrected chi connectivity index (χ3v) is 5.21. The quantitative estimate of drug-likeness (QED) is 0.751. The fourth-order valence-electron chi connectivity index (χ4n) is 1.21. The molecule has 0 atom stereocenters. The maximum atomic E-state index is 11.8. The summed E-state index contributed by atoms with van der Waals surface area (Å²) in [5, 5.41) is 0. The lowest BCUT2D eigenvalue weighted by Crippen LogP contribution is -2.25. The second-order valence-electron chi connectivity index (χ2n) is 4.28. The Bertz CT molecular complexity index is 457. The molecule has 0 bridgehead atoms. The first-order valence-corrected chi connectivity index (χ1v) is 8.42. The van der Waals surface area contributed by atoms with E-state index in [0.29, 0.717) is 36.4 Å². The molecule has 1 N–H and O–H groups in total. The summed E-state index contributed by atoms with van der Waals surface area (Å²) in [6.45, 7) is 5.78. The van der Waals surface area contributed by atoms with Gasteiger partial charge in [0.05, 0.1) is 4.34 Å². The largest absolute Gasteiger partial charge is 0.381 e. The van der Waals surface area contributed by atoms with Gasteiger partial charge in [0.1, 0.15) is 4.21 Å². The van der Waals surface area contributed by atoms with E-state index in [1.807, 2.05) is 0 Å². The molecule has 0 saturated heterocycles. The maximum absolute atomic E-state index is 11.8. The van der Waals surface area contributed by atoms with E-state index in [0.717, 1.165) is 11.3 Å². The number of thiophene rings is 1. The molecule has 104 valence electrons. The van der Waals surface area contributed by atoms with E-state index in [1.54, 1.807) is 6.07 Å². The van der Waals surface area contributed by atoms with E-state index in [-0.39, 0.29) is 4.21 Å². The molecular formula is C11H18ClNO3S2. The highest BCUT2D eigenvalue weighted by atomic mass is 35.5. The van der Waals surface area contributed by atoms with Crippen LogP contribution in [0.25, 0.3) is 0 Å². The lowest BCUT2D eigenvalue weighted by molar-refractivity contribution is 0.108. The van der Waals surface area contributed by atoms with Gasteiger partial charge < -0.3 is 4.74 Å². The molecule has 0 radical (unpaired) electrons. The van der Waals surface area contributed by atoms with Gasteiger partial charge in [-0.05, 0) is 24.5 Å². The number of nitrogens with one attached hydrogen (secondary N) is 1. The van der Waals surface area contributed by atoms with Crippen molar-refractivity contribution in [2.24, 2.45) is 5.92 Å². The monoisotopic (exact) mass is 311 g/mol. The molecule has 0 aliphatic heterocycles. The van der Waals surface area contributed by atoms with Crippen molar-refractivity contribution < 1.29 is 13.2 Å². The summed E-state index contributed by atoms with van der Waals surface area (Å²) in [6, 6.07) is 3.08. The molecule has 0 unspecified atom stereocenters. The second-order valence-corrected chi connectivity index (χ2v) is 7.99. The highest BCUT2D eigenvalue weighted by Gasteiger charge is 2.15. The Morgan fingerprint density at radius 2 is 2.17 bits per heavy atom. The van der Waals surface area contributed by atoms with E-state index in [2.05, 4.69) is 18.6 Å². The van der Waals surface area contributed by atoms with Gasteiger partial charge in [0.25, 0.3) is 0 Å². The first-order chi connectivity index (χ1) is 8.42. The van der Waals surface area contributed by atoms with Crippen LogP contribution in [0.15, 0.2) is 16.3 Å². The van der Waals surface area contributed by atoms with E-state index in [4.69, 9.17) is 16.3 Å². The average Bonchev–Trinajstić information content (AvgIpc) is 2.70. The van der Waals surface area contributed by atoms with Gasteiger partial charge in [-0.3, -0.25) is 0 Å². The summed E-state index contributed by atoms with van der Waals surface area (Å²) in [6.07, 6.45) is 0.658. The molecule has 1 aromatic rings. The fourth-order valence-corrected chi connectivity index (χ4v) is 3.81. The smallest absolute Gasteiger partial charge is 0.250 e. The Labute approximate surface area is 117 Å². The number of rotatable bonds is 8. The zero-order valence-electron chi connectivity index (χ0n) is 10.5. The van der Waals surface area contributed by atoms with Crippen molar-refractivity contribution in [2.45, 2.75) is 24.5 Å². The van der Waals surface area contributed by atoms with Crippen molar-refractivity contribution in [3.8, 4) is 0 Å². The van der Waals surface area contributed by atoms with Crippen molar-refractivity contribution in [1.82, 2.24) is 4.72 Å². The molecule has 7 heteroatoms. The molecule has 0 aromatic carbocycles. The van der Waals surface area contributed by atoms with Crippen molar-refractivity contribution in [3.05, 3.63) is 16.5 Å². The minimum absolute atomic E-state index is 0.246. The molecule has 1 aromatic heterocycles. The van der Waals surface area contributed by atoms with Gasteiger partial charge in [0.15, 0.2) is 0 Å². The molecular weight excluding hydrogens is 294 g/mol. The van der Waals surface area contributed by atoms with Crippen LogP contribution in [0.5, 0.6) is 0 Å². The van der Waals surface area contributed by atoms with E-state index >= 15 is 0 Å². The Balaban J connectivity index is 2.26. The van der Waals surface area contributed by atoms with Gasteiger partial charge in [-0.1, -0.05) is 25.4 Å². The van der Waals surface area contributed by atoms with Crippen LogP contribution in [0, 0.1) is 5.92 Å². The summed E-state index contributed by atoms with van der Waals surface area (Å²) in [4.78, 5) is 0. The molecule has 1 rings (SSSR count). The zero-order valence-corrected chi connectivity index (χ0v) is 12.9. The SMILES string of the molecule is CC(C)COCCCNS(=O)(=O)c1ccc(Cl)s1. The van der Waals surface area contributed by atoms with Crippen LogP contribution < -0.4 is 4.72 Å². The molecule has 0 fully saturated rings. The molecule has 0 amide bonds. The summed E-state index contributed by atoms with van der Waals surface area (Å²) < 4.78 is 32.2. The van der Waals surface area contributed by atoms with Crippen molar-refractivity contribution in [1.29, 1.82) is 0 Å². The van der Waals surface area contributed by atoms with Crippen LogP contribution in [-0.2, 0) is 14.8 Å². The molecule has 0 spiro atoms. The molecule has 0 saturated carbocycles. The first-order valence-electron chi connectivity index (χ1n) is 5.74. The van der Waals surface area contributed by atoms with Gasteiger partial charge in [-0.15, -0.1) is 11.3 Å². The lowest BCUT2D eigenvalue weighted by atomic mass is 10.2. The van der Waals surface area contributed by atoms with Crippen LogP contribution in [0.3, 0.4) is 0 Å². The van der Waals surface area contributed by atoms with Crippen LogP contribution in [0.1, 0.15) is 20.3 Å². The third kappa shape index (κ3) is 5.67. The Morgan fingerprint density at radius 3 is 2.72 bits per heavy atom. The Kier molecular flexibility index (Phi) is 6.59.